The van der Waals surface area contributed by atoms with Crippen molar-refractivity contribution in [3.05, 3.63) is 101 Å². The van der Waals surface area contributed by atoms with Crippen LogP contribution in [0.1, 0.15) is 35.4 Å². The number of aromatic nitrogens is 5. The van der Waals surface area contributed by atoms with Crippen molar-refractivity contribution in [1.82, 2.24) is 24.9 Å². The molecule has 1 fully saturated rings. The van der Waals surface area contributed by atoms with Crippen molar-refractivity contribution in [2.24, 2.45) is 5.73 Å². The first-order valence-corrected chi connectivity index (χ1v) is 14.8. The number of nitrogens with two attached hydrogens (primary N) is 1. The molecule has 1 aliphatic rings. The number of halogens is 1. The van der Waals surface area contributed by atoms with Crippen LogP contribution in [0.5, 0.6) is 17.4 Å². The number of ether oxygens (including phenoxy) is 3. The highest BCUT2D eigenvalue weighted by atomic mass is 19.1. The van der Waals surface area contributed by atoms with Crippen LogP contribution in [0.25, 0.3) is 11.4 Å². The number of hydrogen-bond acceptors (Lipinski definition) is 11. The van der Waals surface area contributed by atoms with E-state index in [1.165, 1.54) is 19.4 Å². The number of anilines is 3. The van der Waals surface area contributed by atoms with Gasteiger partial charge in [-0.3, -0.25) is 0 Å². The molecule has 3 heterocycles. The number of pyridine rings is 2. The number of hydrogen-bond donors (Lipinski definition) is 2. The van der Waals surface area contributed by atoms with Gasteiger partial charge in [-0.05, 0) is 66.8 Å². The molecule has 6 rings (SSSR count). The molecule has 1 saturated carbocycles. The van der Waals surface area contributed by atoms with Crippen molar-refractivity contribution in [1.29, 1.82) is 0 Å². The zero-order valence-electron chi connectivity index (χ0n) is 26.1. The Labute approximate surface area is 266 Å². The summed E-state index contributed by atoms with van der Waals surface area (Å²) < 4.78 is 30.2. The van der Waals surface area contributed by atoms with Crippen LogP contribution in [-0.2, 0) is 18.6 Å². The van der Waals surface area contributed by atoms with Gasteiger partial charge >= 0.3 is 0 Å². The smallest absolute Gasteiger partial charge is 0.250 e. The average molecular weight is 623 g/mol. The number of nitrogens with one attached hydrogen (secondary N) is 1. The largest absolute Gasteiger partial charge is 0.497 e. The van der Waals surface area contributed by atoms with Crippen LogP contribution in [0.2, 0.25) is 0 Å². The molecular weight excluding hydrogens is 587 g/mol. The normalized spacial score (nSPS) is 13.2. The van der Waals surface area contributed by atoms with Gasteiger partial charge < -0.3 is 30.2 Å². The second kappa shape index (κ2) is 12.9. The molecule has 236 valence electrons. The maximum absolute atomic E-state index is 14.5. The summed E-state index contributed by atoms with van der Waals surface area (Å²) in [5.74, 6) is 2.68. The predicted molar refractivity (Wildman–Crippen MR) is 173 cm³/mol. The molecule has 0 atom stereocenters. The first kappa shape index (κ1) is 30.7. The zero-order chi connectivity index (χ0) is 32.3. The van der Waals surface area contributed by atoms with E-state index in [2.05, 4.69) is 15.2 Å². The second-order valence-electron chi connectivity index (χ2n) is 11.2. The van der Waals surface area contributed by atoms with Crippen LogP contribution in [0.3, 0.4) is 0 Å². The summed E-state index contributed by atoms with van der Waals surface area (Å²) in [7, 11) is 4.65. The number of aryl methyl sites for hydroxylation is 1. The number of rotatable bonds is 12. The average Bonchev–Trinajstić information content (AvgIpc) is 3.83. The van der Waals surface area contributed by atoms with Crippen molar-refractivity contribution in [3.8, 4) is 28.8 Å². The summed E-state index contributed by atoms with van der Waals surface area (Å²) >= 11 is 0. The van der Waals surface area contributed by atoms with E-state index in [4.69, 9.17) is 39.9 Å². The van der Waals surface area contributed by atoms with E-state index < -0.39 is 11.4 Å². The summed E-state index contributed by atoms with van der Waals surface area (Å²) in [4.78, 5) is 25.3. The zero-order valence-corrected chi connectivity index (χ0v) is 26.1. The minimum absolute atomic E-state index is 0.0977. The lowest BCUT2D eigenvalue weighted by atomic mass is 10.1. The fourth-order valence-corrected chi connectivity index (χ4v) is 5.04. The topological polar surface area (TPSA) is 133 Å². The Bertz CT molecular complexity index is 1780. The molecule has 0 spiro atoms. The van der Waals surface area contributed by atoms with Gasteiger partial charge in [0.15, 0.2) is 11.6 Å². The van der Waals surface area contributed by atoms with Crippen LogP contribution in [0.4, 0.5) is 21.8 Å². The SMILES string of the molecule is COc1ccc(CN(Cc2ccc(OC)cc2)c2nc(C)nc(-c3cc(C4(N)CC4)cnc3Nc3cnc(OC)c(F)c3)n2)cc1. The Balaban J connectivity index is 1.41. The van der Waals surface area contributed by atoms with Crippen molar-refractivity contribution >= 4 is 17.5 Å². The maximum atomic E-state index is 14.5. The first-order valence-electron chi connectivity index (χ1n) is 14.8. The molecule has 0 unspecified atom stereocenters. The quantitative estimate of drug-likeness (QED) is 0.177. The van der Waals surface area contributed by atoms with E-state index in [0.717, 1.165) is 41.0 Å². The van der Waals surface area contributed by atoms with Crippen molar-refractivity contribution in [3.63, 3.8) is 0 Å². The van der Waals surface area contributed by atoms with Crippen LogP contribution in [0.15, 0.2) is 73.1 Å². The number of methoxy groups -OCH3 is 3. The summed E-state index contributed by atoms with van der Waals surface area (Å²) in [6.07, 6.45) is 4.92. The molecule has 0 radical (unpaired) electrons. The third kappa shape index (κ3) is 6.81. The van der Waals surface area contributed by atoms with E-state index in [1.54, 1.807) is 20.4 Å². The molecule has 0 saturated heterocycles. The van der Waals surface area contributed by atoms with Crippen molar-refractivity contribution in [2.75, 3.05) is 31.5 Å². The highest BCUT2D eigenvalue weighted by Crippen LogP contribution is 2.44. The van der Waals surface area contributed by atoms with Crippen LogP contribution >= 0.6 is 0 Å². The summed E-state index contributed by atoms with van der Waals surface area (Å²) in [6.45, 7) is 2.86. The fraction of sp³-hybridized carbons (Fsp3) is 0.265. The number of benzene rings is 2. The van der Waals surface area contributed by atoms with E-state index in [9.17, 15) is 4.39 Å². The van der Waals surface area contributed by atoms with Crippen LogP contribution < -0.4 is 30.2 Å². The van der Waals surface area contributed by atoms with Gasteiger partial charge in [0.25, 0.3) is 0 Å². The molecular formula is C34H35FN8O3. The molecule has 1 aliphatic carbocycles. The van der Waals surface area contributed by atoms with E-state index in [1.807, 2.05) is 61.5 Å². The van der Waals surface area contributed by atoms with Crippen molar-refractivity contribution < 1.29 is 18.6 Å². The molecule has 5 aromatic rings. The van der Waals surface area contributed by atoms with Crippen LogP contribution in [-0.4, -0.2) is 46.2 Å². The minimum Gasteiger partial charge on any atom is -0.497 e. The van der Waals surface area contributed by atoms with Gasteiger partial charge in [-0.15, -0.1) is 0 Å². The third-order valence-corrected chi connectivity index (χ3v) is 7.84. The highest BCUT2D eigenvalue weighted by molar-refractivity contribution is 5.75. The van der Waals surface area contributed by atoms with Gasteiger partial charge in [0.05, 0.1) is 38.8 Å². The molecule has 0 bridgehead atoms. The van der Waals surface area contributed by atoms with Crippen LogP contribution in [0, 0.1) is 12.7 Å². The lowest BCUT2D eigenvalue weighted by Crippen LogP contribution is -2.25. The molecule has 3 aromatic heterocycles. The molecule has 11 nitrogen and oxygen atoms in total. The van der Waals surface area contributed by atoms with Gasteiger partial charge in [0.1, 0.15) is 23.1 Å². The second-order valence-corrected chi connectivity index (χ2v) is 11.2. The molecule has 46 heavy (non-hydrogen) atoms. The molecule has 12 heteroatoms. The summed E-state index contributed by atoms with van der Waals surface area (Å²) in [5.41, 5.74) is 10.1. The van der Waals surface area contributed by atoms with Gasteiger partial charge in [-0.1, -0.05) is 24.3 Å². The molecule has 0 amide bonds. The standard InChI is InChI=1S/C34H35FN8O3/c1-21-39-31(28-15-24(34(36)13-14-34)17-37-30(28)41-25-16-29(35)32(46-4)38-18-25)42-33(40-21)43(19-22-5-9-26(44-2)10-6-22)20-23-7-11-27(45-3)12-8-23/h5-12,15-18H,13-14,19-20,36H2,1-4H3,(H,37,41). The maximum Gasteiger partial charge on any atom is 0.250 e. The lowest BCUT2D eigenvalue weighted by molar-refractivity contribution is 0.369. The van der Waals surface area contributed by atoms with Gasteiger partial charge in [0.2, 0.25) is 11.8 Å². The highest BCUT2D eigenvalue weighted by Gasteiger charge is 2.41. The molecule has 2 aromatic carbocycles. The summed E-state index contributed by atoms with van der Waals surface area (Å²) in [5, 5.41) is 3.18. The predicted octanol–water partition coefficient (Wildman–Crippen LogP) is 5.70. The van der Waals surface area contributed by atoms with E-state index in [-0.39, 0.29) is 5.88 Å². The van der Waals surface area contributed by atoms with E-state index in [0.29, 0.717) is 47.8 Å². The third-order valence-electron chi connectivity index (χ3n) is 7.84. The summed E-state index contributed by atoms with van der Waals surface area (Å²) in [6, 6.07) is 19.0. The molecule has 0 aliphatic heterocycles. The Kier molecular flexibility index (Phi) is 8.62. The Morgan fingerprint density at radius 3 is 2.00 bits per heavy atom. The molecule has 3 N–H and O–H groups in total. The fourth-order valence-electron chi connectivity index (χ4n) is 5.04. The monoisotopic (exact) mass is 622 g/mol. The van der Waals surface area contributed by atoms with E-state index >= 15 is 0 Å². The minimum atomic E-state index is -0.601. The Morgan fingerprint density at radius 2 is 1.46 bits per heavy atom. The van der Waals surface area contributed by atoms with Gasteiger partial charge in [-0.2, -0.15) is 9.97 Å². The van der Waals surface area contributed by atoms with Gasteiger partial charge in [0, 0.05) is 30.9 Å². The Morgan fingerprint density at radius 1 is 0.826 bits per heavy atom. The van der Waals surface area contributed by atoms with Crippen molar-refractivity contribution in [2.45, 2.75) is 38.4 Å². The lowest BCUT2D eigenvalue weighted by Gasteiger charge is -2.24. The Hall–Kier alpha value is -5.36. The number of nitrogens with zero attached hydrogens (tertiary/aromatic N) is 6. The first-order chi connectivity index (χ1) is 22.3. The van der Waals surface area contributed by atoms with Gasteiger partial charge in [-0.25, -0.2) is 19.3 Å².